The molecule has 1 spiro atoms. The molecular weight excluding hydrogens is 236 g/mol. The van der Waals surface area contributed by atoms with Crippen LogP contribution in [0.15, 0.2) is 0 Å². The Balaban J connectivity index is 2.15. The normalized spacial score (nSPS) is 37.1. The molecule has 0 amide bonds. The fraction of sp³-hybridized carbons (Fsp3) is 1.00. The molecule has 14 heavy (non-hydrogen) atoms. The van der Waals surface area contributed by atoms with Gasteiger partial charge in [0.15, 0.2) is 0 Å². The van der Waals surface area contributed by atoms with E-state index in [1.165, 1.54) is 31.0 Å². The van der Waals surface area contributed by atoms with E-state index in [0.29, 0.717) is 10.8 Å². The first-order valence-electron chi connectivity index (χ1n) is 5.85. The number of halogens is 1. The van der Waals surface area contributed by atoms with E-state index in [1.54, 1.807) is 0 Å². The van der Waals surface area contributed by atoms with Crippen LogP contribution < -0.4 is 0 Å². The Morgan fingerprint density at radius 3 is 1.86 bits per heavy atom. The van der Waals surface area contributed by atoms with E-state index >= 15 is 0 Å². The summed E-state index contributed by atoms with van der Waals surface area (Å²) in [4.78, 5) is 0. The Morgan fingerprint density at radius 1 is 1.00 bits per heavy atom. The highest BCUT2D eigenvalue weighted by Gasteiger charge is 2.59. The van der Waals surface area contributed by atoms with Crippen molar-refractivity contribution in [2.24, 2.45) is 22.2 Å². The van der Waals surface area contributed by atoms with Gasteiger partial charge in [-0.2, -0.15) is 0 Å². The van der Waals surface area contributed by atoms with Crippen molar-refractivity contribution in [3.05, 3.63) is 0 Å². The maximum atomic E-state index is 3.66. The molecule has 2 saturated carbocycles. The predicted molar refractivity (Wildman–Crippen MR) is 65.7 cm³/mol. The van der Waals surface area contributed by atoms with Gasteiger partial charge < -0.3 is 0 Å². The lowest BCUT2D eigenvalue weighted by atomic mass is 9.59. The summed E-state index contributed by atoms with van der Waals surface area (Å²) < 4.78 is 0. The Bertz CT molecular complexity index is 224. The van der Waals surface area contributed by atoms with Gasteiger partial charge in [0, 0.05) is 5.33 Å². The monoisotopic (exact) mass is 258 g/mol. The topological polar surface area (TPSA) is 0 Å². The smallest absolute Gasteiger partial charge is 0.00651 e. The number of hydrogen-bond acceptors (Lipinski definition) is 0. The third-order valence-corrected chi connectivity index (χ3v) is 4.95. The first kappa shape index (κ1) is 11.0. The van der Waals surface area contributed by atoms with Gasteiger partial charge in [0.25, 0.3) is 0 Å². The van der Waals surface area contributed by atoms with Gasteiger partial charge in [-0.3, -0.25) is 0 Å². The van der Waals surface area contributed by atoms with E-state index < -0.39 is 0 Å². The molecule has 0 aromatic carbocycles. The molecule has 1 unspecified atom stereocenters. The van der Waals surface area contributed by atoms with Crippen LogP contribution in [0.2, 0.25) is 0 Å². The Hall–Kier alpha value is 0.480. The zero-order valence-electron chi connectivity index (χ0n) is 9.99. The molecule has 0 aliphatic heterocycles. The average molecular weight is 259 g/mol. The highest BCUT2D eigenvalue weighted by atomic mass is 79.9. The van der Waals surface area contributed by atoms with Crippen LogP contribution in [0.25, 0.3) is 0 Å². The Morgan fingerprint density at radius 2 is 1.50 bits per heavy atom. The maximum Gasteiger partial charge on any atom is 0.00651 e. The molecule has 1 heteroatoms. The van der Waals surface area contributed by atoms with Gasteiger partial charge in [0.1, 0.15) is 0 Å². The minimum atomic E-state index is 0.568. The molecule has 0 heterocycles. The van der Waals surface area contributed by atoms with Crippen molar-refractivity contribution < 1.29 is 0 Å². The SMILES string of the molecule is CC1(C)CC(C)(C)CC2(CC2CBr)C1. The quantitative estimate of drug-likeness (QED) is 0.602. The second kappa shape index (κ2) is 2.99. The van der Waals surface area contributed by atoms with E-state index in [0.717, 1.165) is 11.3 Å². The molecule has 82 valence electrons. The molecule has 0 aromatic rings. The minimum Gasteiger partial charge on any atom is -0.0925 e. The van der Waals surface area contributed by atoms with Gasteiger partial charge in [0.2, 0.25) is 0 Å². The molecule has 0 saturated heterocycles. The zero-order chi connectivity index (χ0) is 10.6. The largest absolute Gasteiger partial charge is 0.0925 e. The maximum absolute atomic E-state index is 3.66. The van der Waals surface area contributed by atoms with Crippen molar-refractivity contribution in [3.8, 4) is 0 Å². The van der Waals surface area contributed by atoms with Crippen LogP contribution in [0.3, 0.4) is 0 Å². The van der Waals surface area contributed by atoms with Crippen molar-refractivity contribution in [2.75, 3.05) is 5.33 Å². The van der Waals surface area contributed by atoms with E-state index in [4.69, 9.17) is 0 Å². The summed E-state index contributed by atoms with van der Waals surface area (Å²) in [6.45, 7) is 9.83. The lowest BCUT2D eigenvalue weighted by molar-refractivity contribution is 0.0484. The highest BCUT2D eigenvalue weighted by molar-refractivity contribution is 9.09. The summed E-state index contributed by atoms with van der Waals surface area (Å²) in [7, 11) is 0. The lowest BCUT2D eigenvalue weighted by Crippen LogP contribution is -2.35. The molecule has 2 aliphatic rings. The van der Waals surface area contributed by atoms with Crippen LogP contribution in [-0.4, -0.2) is 5.33 Å². The number of hydrogen-bond donors (Lipinski definition) is 0. The summed E-state index contributed by atoms with van der Waals surface area (Å²) in [5, 5.41) is 1.22. The third kappa shape index (κ3) is 1.89. The molecular formula is C13H23Br. The molecule has 2 aliphatic carbocycles. The van der Waals surface area contributed by atoms with E-state index in [1.807, 2.05) is 0 Å². The van der Waals surface area contributed by atoms with Crippen LogP contribution in [-0.2, 0) is 0 Å². The molecule has 0 nitrogen and oxygen atoms in total. The number of rotatable bonds is 1. The van der Waals surface area contributed by atoms with Crippen molar-refractivity contribution in [3.63, 3.8) is 0 Å². The predicted octanol–water partition coefficient (Wildman–Crippen LogP) is 4.62. The molecule has 0 bridgehead atoms. The Labute approximate surface area is 97.0 Å². The fourth-order valence-corrected chi connectivity index (χ4v) is 5.39. The summed E-state index contributed by atoms with van der Waals surface area (Å²) in [5.41, 5.74) is 1.85. The second-order valence-corrected chi connectivity index (χ2v) is 7.92. The van der Waals surface area contributed by atoms with Gasteiger partial charge in [-0.15, -0.1) is 0 Å². The van der Waals surface area contributed by atoms with Crippen LogP contribution in [0.5, 0.6) is 0 Å². The fourth-order valence-electron chi connectivity index (χ4n) is 4.47. The van der Waals surface area contributed by atoms with Crippen molar-refractivity contribution in [1.82, 2.24) is 0 Å². The van der Waals surface area contributed by atoms with Gasteiger partial charge in [0.05, 0.1) is 0 Å². The van der Waals surface area contributed by atoms with Gasteiger partial charge in [-0.05, 0) is 47.8 Å². The average Bonchev–Trinajstić information content (AvgIpc) is 2.54. The van der Waals surface area contributed by atoms with Crippen LogP contribution in [0.1, 0.15) is 53.4 Å². The summed E-state index contributed by atoms with van der Waals surface area (Å²) in [5.74, 6) is 0.973. The first-order valence-corrected chi connectivity index (χ1v) is 6.97. The highest BCUT2D eigenvalue weighted by Crippen LogP contribution is 2.68. The molecule has 0 N–H and O–H groups in total. The summed E-state index contributed by atoms with van der Waals surface area (Å²) in [6.07, 6.45) is 5.79. The minimum absolute atomic E-state index is 0.568. The summed E-state index contributed by atoms with van der Waals surface area (Å²) in [6, 6.07) is 0. The van der Waals surface area contributed by atoms with Crippen molar-refractivity contribution in [1.29, 1.82) is 0 Å². The van der Waals surface area contributed by atoms with E-state index in [2.05, 4.69) is 43.6 Å². The molecule has 1 atom stereocenters. The van der Waals surface area contributed by atoms with Gasteiger partial charge in [-0.1, -0.05) is 43.6 Å². The first-order chi connectivity index (χ1) is 6.29. The number of alkyl halides is 1. The van der Waals surface area contributed by atoms with Gasteiger partial charge >= 0.3 is 0 Å². The van der Waals surface area contributed by atoms with Crippen molar-refractivity contribution >= 4 is 15.9 Å². The third-order valence-electron chi connectivity index (χ3n) is 4.16. The van der Waals surface area contributed by atoms with E-state index in [9.17, 15) is 0 Å². The summed E-state index contributed by atoms with van der Waals surface area (Å²) >= 11 is 3.66. The molecule has 2 fully saturated rings. The molecule has 0 aromatic heterocycles. The van der Waals surface area contributed by atoms with Crippen LogP contribution >= 0.6 is 15.9 Å². The van der Waals surface area contributed by atoms with Crippen LogP contribution in [0, 0.1) is 22.2 Å². The van der Waals surface area contributed by atoms with Crippen LogP contribution in [0.4, 0.5) is 0 Å². The van der Waals surface area contributed by atoms with Crippen molar-refractivity contribution in [2.45, 2.75) is 53.4 Å². The Kier molecular flexibility index (Phi) is 2.35. The van der Waals surface area contributed by atoms with Gasteiger partial charge in [-0.25, -0.2) is 0 Å². The standard InChI is InChI=1S/C13H23Br/c1-11(2)7-12(3,4)9-13(8-11)5-10(13)6-14/h10H,5-9H2,1-4H3. The lowest BCUT2D eigenvalue weighted by Gasteiger charge is -2.46. The zero-order valence-corrected chi connectivity index (χ0v) is 11.6. The second-order valence-electron chi connectivity index (χ2n) is 7.28. The molecule has 0 radical (unpaired) electrons. The molecule has 2 rings (SSSR count). The van der Waals surface area contributed by atoms with E-state index in [-0.39, 0.29) is 0 Å².